The first-order valence-corrected chi connectivity index (χ1v) is 6.79. The van der Waals surface area contributed by atoms with Gasteiger partial charge in [0.1, 0.15) is 5.76 Å². The second kappa shape index (κ2) is 5.02. The van der Waals surface area contributed by atoms with E-state index in [1.54, 1.807) is 0 Å². The molecular weight excluding hydrogens is 226 g/mol. The quantitative estimate of drug-likeness (QED) is 0.894. The van der Waals surface area contributed by atoms with E-state index in [4.69, 9.17) is 4.52 Å². The predicted octanol–water partition coefficient (Wildman–Crippen LogP) is 2.19. The zero-order valence-corrected chi connectivity index (χ0v) is 12.2. The van der Waals surface area contributed by atoms with Crippen molar-refractivity contribution in [3.63, 3.8) is 0 Å². The summed E-state index contributed by atoms with van der Waals surface area (Å²) < 4.78 is 5.16. The van der Waals surface area contributed by atoms with Crippen molar-refractivity contribution in [3.8, 4) is 0 Å². The zero-order valence-electron chi connectivity index (χ0n) is 12.2. The van der Waals surface area contributed by atoms with Crippen molar-refractivity contribution in [1.29, 1.82) is 0 Å². The number of nitrogens with zero attached hydrogens (tertiary/aromatic N) is 2. The molecule has 2 heterocycles. The standard InChI is InChI=1S/C14H25N3O/c1-10(2)13-7-15-14(4,5)9-17(13)8-12-6-11(3)18-16-12/h6,10,13,15H,7-9H2,1-5H3. The number of hydrogen-bond acceptors (Lipinski definition) is 4. The van der Waals surface area contributed by atoms with Gasteiger partial charge in [0, 0.05) is 37.3 Å². The van der Waals surface area contributed by atoms with E-state index in [2.05, 4.69) is 43.1 Å². The van der Waals surface area contributed by atoms with Crippen LogP contribution in [-0.4, -0.2) is 34.7 Å². The third-order valence-electron chi connectivity index (χ3n) is 3.67. The zero-order chi connectivity index (χ0) is 13.3. The average Bonchev–Trinajstić information content (AvgIpc) is 2.62. The Hall–Kier alpha value is -0.870. The second-order valence-electron chi connectivity index (χ2n) is 6.41. The van der Waals surface area contributed by atoms with E-state index in [9.17, 15) is 0 Å². The molecule has 4 nitrogen and oxygen atoms in total. The smallest absolute Gasteiger partial charge is 0.133 e. The third kappa shape index (κ3) is 3.12. The van der Waals surface area contributed by atoms with Crippen LogP contribution in [0.4, 0.5) is 0 Å². The molecule has 0 bridgehead atoms. The van der Waals surface area contributed by atoms with Gasteiger partial charge in [0.05, 0.1) is 5.69 Å². The maximum atomic E-state index is 5.16. The SMILES string of the molecule is Cc1cc(CN2CC(C)(C)NCC2C(C)C)no1. The molecule has 2 rings (SSSR count). The van der Waals surface area contributed by atoms with E-state index < -0.39 is 0 Å². The molecule has 4 heteroatoms. The minimum absolute atomic E-state index is 0.171. The summed E-state index contributed by atoms with van der Waals surface area (Å²) in [4.78, 5) is 2.53. The predicted molar refractivity (Wildman–Crippen MR) is 72.4 cm³/mol. The van der Waals surface area contributed by atoms with Crippen LogP contribution in [0.25, 0.3) is 0 Å². The van der Waals surface area contributed by atoms with Crippen molar-refractivity contribution in [2.24, 2.45) is 5.92 Å². The highest BCUT2D eigenvalue weighted by atomic mass is 16.5. The lowest BCUT2D eigenvalue weighted by Gasteiger charge is -2.46. The van der Waals surface area contributed by atoms with Gasteiger partial charge in [0.15, 0.2) is 0 Å². The molecule has 0 aromatic carbocycles. The molecule has 0 spiro atoms. The number of aromatic nitrogens is 1. The van der Waals surface area contributed by atoms with Gasteiger partial charge in [-0.1, -0.05) is 19.0 Å². The largest absolute Gasteiger partial charge is 0.361 e. The Kier molecular flexibility index (Phi) is 3.78. The molecule has 1 unspecified atom stereocenters. The van der Waals surface area contributed by atoms with E-state index in [1.807, 2.05) is 13.0 Å². The molecule has 1 aromatic heterocycles. The van der Waals surface area contributed by atoms with E-state index >= 15 is 0 Å². The summed E-state index contributed by atoms with van der Waals surface area (Å²) in [6.07, 6.45) is 0. The van der Waals surface area contributed by atoms with Crippen LogP contribution in [0.3, 0.4) is 0 Å². The molecule has 1 saturated heterocycles. The molecule has 0 amide bonds. The number of nitrogens with one attached hydrogen (secondary N) is 1. The highest BCUT2D eigenvalue weighted by Gasteiger charge is 2.34. The molecule has 1 fully saturated rings. The molecule has 1 atom stereocenters. The van der Waals surface area contributed by atoms with Crippen LogP contribution >= 0.6 is 0 Å². The topological polar surface area (TPSA) is 41.3 Å². The van der Waals surface area contributed by atoms with Crippen LogP contribution in [0.5, 0.6) is 0 Å². The Bertz CT molecular complexity index is 397. The minimum Gasteiger partial charge on any atom is -0.361 e. The van der Waals surface area contributed by atoms with Crippen molar-refractivity contribution in [2.75, 3.05) is 13.1 Å². The van der Waals surface area contributed by atoms with Crippen LogP contribution < -0.4 is 5.32 Å². The van der Waals surface area contributed by atoms with Gasteiger partial charge < -0.3 is 9.84 Å². The van der Waals surface area contributed by atoms with E-state index in [1.165, 1.54) is 0 Å². The molecule has 1 aliphatic rings. The maximum Gasteiger partial charge on any atom is 0.133 e. The van der Waals surface area contributed by atoms with Gasteiger partial charge in [0.25, 0.3) is 0 Å². The fourth-order valence-electron chi connectivity index (χ4n) is 2.72. The number of aryl methyl sites for hydroxylation is 1. The molecule has 102 valence electrons. The first-order valence-electron chi connectivity index (χ1n) is 6.79. The Morgan fingerprint density at radius 2 is 2.28 bits per heavy atom. The first kappa shape index (κ1) is 13.6. The molecular formula is C14H25N3O. The van der Waals surface area contributed by atoms with Gasteiger partial charge in [0.2, 0.25) is 0 Å². The third-order valence-corrected chi connectivity index (χ3v) is 3.67. The lowest BCUT2D eigenvalue weighted by molar-refractivity contribution is 0.0608. The van der Waals surface area contributed by atoms with Gasteiger partial charge in [-0.25, -0.2) is 0 Å². The Morgan fingerprint density at radius 3 is 2.83 bits per heavy atom. The van der Waals surface area contributed by atoms with E-state index in [0.29, 0.717) is 12.0 Å². The number of piperazine rings is 1. The van der Waals surface area contributed by atoms with Gasteiger partial charge in [-0.05, 0) is 26.7 Å². The summed E-state index contributed by atoms with van der Waals surface area (Å²) in [6, 6.07) is 2.60. The second-order valence-corrected chi connectivity index (χ2v) is 6.41. The first-order chi connectivity index (χ1) is 8.37. The summed E-state index contributed by atoms with van der Waals surface area (Å²) in [7, 11) is 0. The number of rotatable bonds is 3. The van der Waals surface area contributed by atoms with Gasteiger partial charge >= 0.3 is 0 Å². The lowest BCUT2D eigenvalue weighted by Crippen LogP contribution is -2.62. The van der Waals surface area contributed by atoms with E-state index in [-0.39, 0.29) is 5.54 Å². The van der Waals surface area contributed by atoms with Crippen molar-refractivity contribution in [1.82, 2.24) is 15.4 Å². The minimum atomic E-state index is 0.171. The Labute approximate surface area is 110 Å². The van der Waals surface area contributed by atoms with Gasteiger partial charge in [-0.3, -0.25) is 4.90 Å². The molecule has 1 aliphatic heterocycles. The van der Waals surface area contributed by atoms with Gasteiger partial charge in [-0.2, -0.15) is 0 Å². The van der Waals surface area contributed by atoms with Crippen LogP contribution in [0, 0.1) is 12.8 Å². The summed E-state index contributed by atoms with van der Waals surface area (Å²) in [5, 5.41) is 7.74. The Balaban J connectivity index is 2.10. The van der Waals surface area contributed by atoms with Crippen LogP contribution in [-0.2, 0) is 6.54 Å². The average molecular weight is 251 g/mol. The summed E-state index contributed by atoms with van der Waals surface area (Å²) in [6.45, 7) is 14.0. The highest BCUT2D eigenvalue weighted by molar-refractivity contribution is 5.05. The maximum absolute atomic E-state index is 5.16. The number of hydrogen-bond donors (Lipinski definition) is 1. The van der Waals surface area contributed by atoms with Crippen molar-refractivity contribution in [3.05, 3.63) is 17.5 Å². The van der Waals surface area contributed by atoms with Crippen LogP contribution in [0.15, 0.2) is 10.6 Å². The molecule has 0 radical (unpaired) electrons. The van der Waals surface area contributed by atoms with Crippen molar-refractivity contribution >= 4 is 0 Å². The van der Waals surface area contributed by atoms with Crippen LogP contribution in [0.1, 0.15) is 39.1 Å². The summed E-state index contributed by atoms with van der Waals surface area (Å²) in [5.74, 6) is 1.53. The molecule has 0 aliphatic carbocycles. The monoisotopic (exact) mass is 251 g/mol. The van der Waals surface area contributed by atoms with E-state index in [0.717, 1.165) is 31.1 Å². The van der Waals surface area contributed by atoms with Gasteiger partial charge in [-0.15, -0.1) is 0 Å². The summed E-state index contributed by atoms with van der Waals surface area (Å²) in [5.41, 5.74) is 1.21. The Morgan fingerprint density at radius 1 is 1.56 bits per heavy atom. The molecule has 0 saturated carbocycles. The fourth-order valence-corrected chi connectivity index (χ4v) is 2.72. The normalized spacial score (nSPS) is 24.7. The molecule has 1 aromatic rings. The van der Waals surface area contributed by atoms with Crippen molar-refractivity contribution in [2.45, 2.75) is 52.7 Å². The molecule has 1 N–H and O–H groups in total. The lowest BCUT2D eigenvalue weighted by atomic mass is 9.93. The molecule has 18 heavy (non-hydrogen) atoms. The summed E-state index contributed by atoms with van der Waals surface area (Å²) >= 11 is 0. The van der Waals surface area contributed by atoms with Crippen LogP contribution in [0.2, 0.25) is 0 Å². The fraction of sp³-hybridized carbons (Fsp3) is 0.786. The highest BCUT2D eigenvalue weighted by Crippen LogP contribution is 2.22. The van der Waals surface area contributed by atoms with Crippen molar-refractivity contribution < 1.29 is 4.52 Å².